The molecule has 3 rings (SSSR count). The Morgan fingerprint density at radius 1 is 1.37 bits per heavy atom. The van der Waals surface area contributed by atoms with Crippen LogP contribution in [0.4, 0.5) is 5.82 Å². The van der Waals surface area contributed by atoms with Gasteiger partial charge in [-0.3, -0.25) is 0 Å². The number of anilines is 1. The van der Waals surface area contributed by atoms with Crippen molar-refractivity contribution in [2.45, 2.75) is 30.3 Å². The number of sulfonamides is 1. The standard InChI is InChI=1S/C17H25N3O6S/c1-24-17(21)13-11-15(27(22,23)20-6-9-25-10-7-20)16(19-12-13)18-5-4-14-3-2-8-26-14/h11-12,14H,2-10H2,1H3,(H,18,19)/t14-/m0/s1. The third kappa shape index (κ3) is 4.75. The van der Waals surface area contributed by atoms with Gasteiger partial charge in [-0.2, -0.15) is 4.31 Å². The summed E-state index contributed by atoms with van der Waals surface area (Å²) in [4.78, 5) is 16.0. The van der Waals surface area contributed by atoms with E-state index in [1.165, 1.54) is 23.7 Å². The number of rotatable bonds is 7. The molecule has 0 bridgehead atoms. The summed E-state index contributed by atoms with van der Waals surface area (Å²) in [5, 5.41) is 3.09. The molecule has 9 nitrogen and oxygen atoms in total. The first kappa shape index (κ1) is 20.0. The molecule has 2 saturated heterocycles. The van der Waals surface area contributed by atoms with E-state index >= 15 is 0 Å². The summed E-state index contributed by atoms with van der Waals surface area (Å²) < 4.78 is 43.1. The van der Waals surface area contributed by atoms with Crippen molar-refractivity contribution in [1.29, 1.82) is 0 Å². The van der Waals surface area contributed by atoms with Gasteiger partial charge in [-0.25, -0.2) is 18.2 Å². The number of carbonyl (C=O) groups excluding carboxylic acids is 1. The topological polar surface area (TPSA) is 107 Å². The average Bonchev–Trinajstić information content (AvgIpc) is 3.21. The highest BCUT2D eigenvalue weighted by atomic mass is 32.2. The van der Waals surface area contributed by atoms with Crippen LogP contribution in [0.15, 0.2) is 17.2 Å². The second-order valence-electron chi connectivity index (χ2n) is 6.43. The maximum atomic E-state index is 13.1. The van der Waals surface area contributed by atoms with Gasteiger partial charge in [-0.1, -0.05) is 0 Å². The minimum atomic E-state index is -3.82. The molecule has 0 radical (unpaired) electrons. The van der Waals surface area contributed by atoms with Crippen LogP contribution in [0.3, 0.4) is 0 Å². The Bertz CT molecular complexity index is 758. The number of hydrogen-bond donors (Lipinski definition) is 1. The largest absolute Gasteiger partial charge is 0.465 e. The van der Waals surface area contributed by atoms with Gasteiger partial charge < -0.3 is 19.5 Å². The Morgan fingerprint density at radius 3 is 2.81 bits per heavy atom. The second-order valence-corrected chi connectivity index (χ2v) is 8.34. The number of ether oxygens (including phenoxy) is 3. The molecular weight excluding hydrogens is 374 g/mol. The number of carbonyl (C=O) groups is 1. The van der Waals surface area contributed by atoms with Gasteiger partial charge in [0.05, 0.1) is 32.0 Å². The summed E-state index contributed by atoms with van der Waals surface area (Å²) in [6.07, 6.45) is 4.32. The van der Waals surface area contributed by atoms with Gasteiger partial charge in [-0.15, -0.1) is 0 Å². The zero-order valence-electron chi connectivity index (χ0n) is 15.3. The number of pyridine rings is 1. The molecule has 3 heterocycles. The first-order valence-electron chi connectivity index (χ1n) is 9.04. The first-order chi connectivity index (χ1) is 13.0. The summed E-state index contributed by atoms with van der Waals surface area (Å²) in [5.74, 6) is -0.404. The number of nitrogens with one attached hydrogen (secondary N) is 1. The monoisotopic (exact) mass is 399 g/mol. The van der Waals surface area contributed by atoms with Crippen LogP contribution in [0.25, 0.3) is 0 Å². The smallest absolute Gasteiger partial charge is 0.339 e. The number of hydrogen-bond acceptors (Lipinski definition) is 8. The van der Waals surface area contributed by atoms with E-state index in [0.717, 1.165) is 25.9 Å². The van der Waals surface area contributed by atoms with Crippen molar-refractivity contribution in [3.63, 3.8) is 0 Å². The van der Waals surface area contributed by atoms with E-state index in [0.29, 0.717) is 19.8 Å². The predicted octanol–water partition coefficient (Wildman–Crippen LogP) is 0.870. The van der Waals surface area contributed by atoms with Crippen molar-refractivity contribution in [3.8, 4) is 0 Å². The van der Waals surface area contributed by atoms with E-state index in [1.54, 1.807) is 0 Å². The van der Waals surface area contributed by atoms with Crippen molar-refractivity contribution in [1.82, 2.24) is 9.29 Å². The number of nitrogens with zero attached hydrogens (tertiary/aromatic N) is 2. The van der Waals surface area contributed by atoms with E-state index in [1.807, 2.05) is 0 Å². The summed E-state index contributed by atoms with van der Waals surface area (Å²) in [5.41, 5.74) is 0.0917. The normalized spacial score (nSPS) is 21.1. The van der Waals surface area contributed by atoms with Crippen LogP contribution < -0.4 is 5.32 Å². The van der Waals surface area contributed by atoms with Crippen molar-refractivity contribution in [3.05, 3.63) is 17.8 Å². The summed E-state index contributed by atoms with van der Waals surface area (Å²) >= 11 is 0. The Morgan fingerprint density at radius 2 is 2.15 bits per heavy atom. The molecule has 2 fully saturated rings. The van der Waals surface area contributed by atoms with Crippen LogP contribution in [0.5, 0.6) is 0 Å². The Kier molecular flexibility index (Phi) is 6.64. The van der Waals surface area contributed by atoms with Gasteiger partial charge in [0.1, 0.15) is 10.7 Å². The molecule has 1 N–H and O–H groups in total. The molecule has 0 aromatic carbocycles. The van der Waals surface area contributed by atoms with Crippen LogP contribution in [-0.2, 0) is 24.2 Å². The highest BCUT2D eigenvalue weighted by molar-refractivity contribution is 7.89. The molecule has 10 heteroatoms. The number of morpholine rings is 1. The fourth-order valence-corrected chi connectivity index (χ4v) is 4.71. The van der Waals surface area contributed by atoms with E-state index in [9.17, 15) is 13.2 Å². The SMILES string of the molecule is COC(=O)c1cnc(NCC[C@@H]2CCCO2)c(S(=O)(=O)N2CCOCC2)c1. The third-order valence-electron chi connectivity index (χ3n) is 4.64. The molecule has 0 aliphatic carbocycles. The molecule has 0 amide bonds. The van der Waals surface area contributed by atoms with Crippen molar-refractivity contribution in [2.75, 3.05) is 51.9 Å². The fraction of sp³-hybridized carbons (Fsp3) is 0.647. The van der Waals surface area contributed by atoms with Crippen LogP contribution in [-0.4, -0.2) is 76.3 Å². The molecular formula is C17H25N3O6S. The second kappa shape index (κ2) is 8.96. The van der Waals surface area contributed by atoms with Gasteiger partial charge in [0.25, 0.3) is 0 Å². The van der Waals surface area contributed by atoms with E-state index < -0.39 is 16.0 Å². The van der Waals surface area contributed by atoms with Gasteiger partial charge in [0.15, 0.2) is 0 Å². The maximum absolute atomic E-state index is 13.1. The zero-order valence-corrected chi connectivity index (χ0v) is 16.2. The van der Waals surface area contributed by atoms with Gasteiger partial charge >= 0.3 is 5.97 Å². The molecule has 1 aromatic rings. The van der Waals surface area contributed by atoms with Crippen LogP contribution in [0.1, 0.15) is 29.6 Å². The lowest BCUT2D eigenvalue weighted by Gasteiger charge is -2.27. The minimum Gasteiger partial charge on any atom is -0.465 e. The maximum Gasteiger partial charge on any atom is 0.339 e. The van der Waals surface area contributed by atoms with Crippen LogP contribution in [0, 0.1) is 0 Å². The third-order valence-corrected chi connectivity index (χ3v) is 6.56. The highest BCUT2D eigenvalue weighted by Crippen LogP contribution is 2.25. The molecule has 27 heavy (non-hydrogen) atoms. The van der Waals surface area contributed by atoms with Crippen molar-refractivity contribution in [2.24, 2.45) is 0 Å². The minimum absolute atomic E-state index is 0.0281. The molecule has 0 spiro atoms. The molecule has 0 unspecified atom stereocenters. The molecule has 2 aliphatic heterocycles. The van der Waals surface area contributed by atoms with Crippen molar-refractivity contribution < 1.29 is 27.4 Å². The molecule has 1 atom stereocenters. The fourth-order valence-electron chi connectivity index (χ4n) is 3.15. The predicted molar refractivity (Wildman–Crippen MR) is 97.2 cm³/mol. The lowest BCUT2D eigenvalue weighted by Crippen LogP contribution is -2.41. The quantitative estimate of drug-likeness (QED) is 0.673. The van der Waals surface area contributed by atoms with Gasteiger partial charge in [-0.05, 0) is 25.3 Å². The van der Waals surface area contributed by atoms with Gasteiger partial charge in [0.2, 0.25) is 10.0 Å². The molecule has 1 aromatic heterocycles. The number of aromatic nitrogens is 1. The summed E-state index contributed by atoms with van der Waals surface area (Å²) in [6.45, 7) is 2.50. The summed E-state index contributed by atoms with van der Waals surface area (Å²) in [7, 11) is -2.57. The number of esters is 1. The van der Waals surface area contributed by atoms with Crippen LogP contribution in [0.2, 0.25) is 0 Å². The van der Waals surface area contributed by atoms with Crippen molar-refractivity contribution >= 4 is 21.8 Å². The van der Waals surface area contributed by atoms with Crippen LogP contribution >= 0.6 is 0 Å². The van der Waals surface area contributed by atoms with E-state index in [2.05, 4.69) is 10.3 Å². The first-order valence-corrected chi connectivity index (χ1v) is 10.5. The summed E-state index contributed by atoms with van der Waals surface area (Å²) in [6, 6.07) is 1.32. The molecule has 0 saturated carbocycles. The lowest BCUT2D eigenvalue weighted by molar-refractivity contribution is 0.0600. The average molecular weight is 399 g/mol. The zero-order chi connectivity index (χ0) is 19.3. The molecule has 150 valence electrons. The highest BCUT2D eigenvalue weighted by Gasteiger charge is 2.30. The Hall–Kier alpha value is -1.75. The van der Waals surface area contributed by atoms with E-state index in [4.69, 9.17) is 14.2 Å². The lowest BCUT2D eigenvalue weighted by atomic mass is 10.2. The van der Waals surface area contributed by atoms with E-state index in [-0.39, 0.29) is 35.5 Å². The Labute approximate surface area is 159 Å². The Balaban J connectivity index is 1.83. The molecule has 2 aliphatic rings. The van der Waals surface area contributed by atoms with Gasteiger partial charge in [0, 0.05) is 32.4 Å². The number of methoxy groups -OCH3 is 1.